The van der Waals surface area contributed by atoms with Gasteiger partial charge in [0.1, 0.15) is 0 Å². The number of amidine groups is 1. The van der Waals surface area contributed by atoms with Crippen LogP contribution < -0.4 is 4.90 Å². The number of rotatable bonds is 2. The van der Waals surface area contributed by atoms with Crippen molar-refractivity contribution in [2.24, 2.45) is 0 Å². The van der Waals surface area contributed by atoms with Gasteiger partial charge in [-0.2, -0.15) is 13.2 Å². The van der Waals surface area contributed by atoms with Gasteiger partial charge in [0.25, 0.3) is 5.91 Å². The minimum atomic E-state index is -4.50. The molecular formula is C17H11F3N2OS. The van der Waals surface area contributed by atoms with Crippen LogP contribution in [-0.2, 0) is 11.0 Å². The van der Waals surface area contributed by atoms with Gasteiger partial charge in [-0.3, -0.25) is 15.1 Å². The van der Waals surface area contributed by atoms with E-state index >= 15 is 0 Å². The minimum Gasteiger partial charge on any atom is -0.278 e. The molecule has 1 aliphatic rings. The Balaban J connectivity index is 1.94. The summed E-state index contributed by atoms with van der Waals surface area (Å²) >= 11 is 0.924. The van der Waals surface area contributed by atoms with E-state index in [-0.39, 0.29) is 10.9 Å². The maximum atomic E-state index is 12.8. The second-order valence-electron chi connectivity index (χ2n) is 5.02. The smallest absolute Gasteiger partial charge is 0.278 e. The summed E-state index contributed by atoms with van der Waals surface area (Å²) in [5.74, 6) is -0.506. The topological polar surface area (TPSA) is 44.2 Å². The fraction of sp³-hybridized carbons (Fsp3) is 0.0588. The highest BCUT2D eigenvalue weighted by atomic mass is 32.2. The number of benzene rings is 2. The summed E-state index contributed by atoms with van der Waals surface area (Å²) in [6.07, 6.45) is -2.88. The molecule has 7 heteroatoms. The molecule has 3 rings (SSSR count). The second-order valence-corrected chi connectivity index (χ2v) is 6.05. The van der Waals surface area contributed by atoms with Gasteiger partial charge in [-0.05, 0) is 41.6 Å². The molecule has 0 saturated carbocycles. The monoisotopic (exact) mass is 348 g/mol. The molecule has 2 aromatic rings. The van der Waals surface area contributed by atoms with Crippen molar-refractivity contribution in [3.63, 3.8) is 0 Å². The maximum Gasteiger partial charge on any atom is 0.416 e. The highest BCUT2D eigenvalue weighted by Gasteiger charge is 2.36. The van der Waals surface area contributed by atoms with Gasteiger partial charge < -0.3 is 0 Å². The van der Waals surface area contributed by atoms with Crippen molar-refractivity contribution in [1.82, 2.24) is 0 Å². The molecule has 1 fully saturated rings. The lowest BCUT2D eigenvalue weighted by atomic mass is 10.1. The largest absolute Gasteiger partial charge is 0.416 e. The number of carbonyl (C=O) groups excluding carboxylic acids is 1. The number of thioether (sulfide) groups is 1. The zero-order valence-corrected chi connectivity index (χ0v) is 13.0. The molecule has 0 spiro atoms. The van der Waals surface area contributed by atoms with Crippen molar-refractivity contribution >= 4 is 34.6 Å². The fourth-order valence-corrected chi connectivity index (χ4v) is 3.11. The Kier molecular flexibility index (Phi) is 4.19. The van der Waals surface area contributed by atoms with E-state index in [0.29, 0.717) is 4.91 Å². The SMILES string of the molecule is N=C1S/C(=C\c2ccccc2)C(=O)N1c1cccc(C(F)(F)F)c1. The normalized spacial score (nSPS) is 17.0. The van der Waals surface area contributed by atoms with Gasteiger partial charge in [0.05, 0.1) is 16.2 Å². The lowest BCUT2D eigenvalue weighted by Gasteiger charge is -2.16. The molecule has 0 radical (unpaired) electrons. The molecule has 3 nitrogen and oxygen atoms in total. The van der Waals surface area contributed by atoms with Gasteiger partial charge in [0, 0.05) is 0 Å². The average molecular weight is 348 g/mol. The minimum absolute atomic E-state index is 0.0313. The van der Waals surface area contributed by atoms with Crippen LogP contribution in [0.1, 0.15) is 11.1 Å². The van der Waals surface area contributed by atoms with Gasteiger partial charge in [-0.1, -0.05) is 36.4 Å². The van der Waals surface area contributed by atoms with Crippen molar-refractivity contribution in [2.75, 3.05) is 4.90 Å². The summed E-state index contributed by atoms with van der Waals surface area (Å²) in [5, 5.41) is 7.82. The Morgan fingerprint density at radius 3 is 2.42 bits per heavy atom. The summed E-state index contributed by atoms with van der Waals surface area (Å²) in [5.41, 5.74) is -0.0399. The van der Waals surface area contributed by atoms with Crippen LogP contribution in [-0.4, -0.2) is 11.1 Å². The Hall–Kier alpha value is -2.54. The first-order valence-corrected chi connectivity index (χ1v) is 7.73. The van der Waals surface area contributed by atoms with E-state index < -0.39 is 17.6 Å². The molecule has 1 saturated heterocycles. The fourth-order valence-electron chi connectivity index (χ4n) is 2.24. The van der Waals surface area contributed by atoms with E-state index in [1.165, 1.54) is 12.1 Å². The Morgan fingerprint density at radius 2 is 1.75 bits per heavy atom. The lowest BCUT2D eigenvalue weighted by molar-refractivity contribution is -0.137. The van der Waals surface area contributed by atoms with E-state index in [9.17, 15) is 18.0 Å². The van der Waals surface area contributed by atoms with Crippen LogP contribution in [0.3, 0.4) is 0 Å². The lowest BCUT2D eigenvalue weighted by Crippen LogP contribution is -2.28. The van der Waals surface area contributed by atoms with Gasteiger partial charge in [0.15, 0.2) is 5.17 Å². The van der Waals surface area contributed by atoms with E-state index in [1.54, 1.807) is 18.2 Å². The molecule has 2 aromatic carbocycles. The van der Waals surface area contributed by atoms with Gasteiger partial charge in [0.2, 0.25) is 0 Å². The van der Waals surface area contributed by atoms with E-state index in [2.05, 4.69) is 0 Å². The van der Waals surface area contributed by atoms with Crippen molar-refractivity contribution in [3.8, 4) is 0 Å². The first kappa shape index (κ1) is 16.3. The van der Waals surface area contributed by atoms with Crippen LogP contribution in [0, 0.1) is 5.41 Å². The zero-order chi connectivity index (χ0) is 17.3. The third-order valence-electron chi connectivity index (χ3n) is 3.35. The Labute approximate surface area is 140 Å². The third kappa shape index (κ3) is 3.21. The molecule has 1 aliphatic heterocycles. The van der Waals surface area contributed by atoms with Crippen LogP contribution in [0.15, 0.2) is 59.5 Å². The molecule has 0 unspecified atom stereocenters. The van der Waals surface area contributed by atoms with Crippen LogP contribution in [0.25, 0.3) is 6.08 Å². The maximum absolute atomic E-state index is 12.8. The first-order chi connectivity index (χ1) is 11.4. The van der Waals surface area contributed by atoms with Gasteiger partial charge >= 0.3 is 6.18 Å². The standard InChI is InChI=1S/C17H11F3N2OS/c18-17(19,20)12-7-4-8-13(10-12)22-15(23)14(24-16(22)21)9-11-5-2-1-3-6-11/h1-10,21H/b14-9-,21-16?. The summed E-state index contributed by atoms with van der Waals surface area (Å²) in [7, 11) is 0. The number of alkyl halides is 3. The summed E-state index contributed by atoms with van der Waals surface area (Å²) in [6.45, 7) is 0. The van der Waals surface area contributed by atoms with Gasteiger partial charge in [-0.15, -0.1) is 0 Å². The number of anilines is 1. The molecule has 1 heterocycles. The van der Waals surface area contributed by atoms with Crippen LogP contribution in [0.5, 0.6) is 0 Å². The number of hydrogen-bond acceptors (Lipinski definition) is 3. The molecule has 0 aliphatic carbocycles. The average Bonchev–Trinajstić information content (AvgIpc) is 2.82. The second kappa shape index (κ2) is 6.16. The van der Waals surface area contributed by atoms with Gasteiger partial charge in [-0.25, -0.2) is 0 Å². The van der Waals surface area contributed by atoms with Crippen LogP contribution in [0.4, 0.5) is 18.9 Å². The number of carbonyl (C=O) groups is 1. The number of amides is 1. The molecule has 0 aromatic heterocycles. The van der Waals surface area contributed by atoms with Crippen molar-refractivity contribution in [2.45, 2.75) is 6.18 Å². The molecular weight excluding hydrogens is 337 g/mol. The van der Waals surface area contributed by atoms with Crippen LogP contribution >= 0.6 is 11.8 Å². The van der Waals surface area contributed by atoms with Crippen LogP contribution in [0.2, 0.25) is 0 Å². The van der Waals surface area contributed by atoms with Crippen molar-refractivity contribution in [1.29, 1.82) is 5.41 Å². The number of hydrogen-bond donors (Lipinski definition) is 1. The van der Waals surface area contributed by atoms with E-state index in [0.717, 1.165) is 34.4 Å². The van der Waals surface area contributed by atoms with E-state index in [1.807, 2.05) is 18.2 Å². The summed E-state index contributed by atoms with van der Waals surface area (Å²) < 4.78 is 38.5. The van der Waals surface area contributed by atoms with Crippen molar-refractivity contribution in [3.05, 3.63) is 70.6 Å². The highest BCUT2D eigenvalue weighted by molar-refractivity contribution is 8.19. The highest BCUT2D eigenvalue weighted by Crippen LogP contribution is 2.37. The Bertz CT molecular complexity index is 831. The quantitative estimate of drug-likeness (QED) is 0.795. The Morgan fingerprint density at radius 1 is 1.04 bits per heavy atom. The molecule has 0 atom stereocenters. The number of nitrogens with one attached hydrogen (secondary N) is 1. The molecule has 122 valence electrons. The summed E-state index contributed by atoms with van der Waals surface area (Å²) in [6, 6.07) is 13.5. The zero-order valence-electron chi connectivity index (χ0n) is 12.2. The van der Waals surface area contributed by atoms with E-state index in [4.69, 9.17) is 5.41 Å². The molecule has 1 amide bonds. The molecule has 0 bridgehead atoms. The number of halogens is 3. The molecule has 24 heavy (non-hydrogen) atoms. The number of nitrogens with zero attached hydrogens (tertiary/aromatic N) is 1. The van der Waals surface area contributed by atoms with Crippen molar-refractivity contribution < 1.29 is 18.0 Å². The molecule has 1 N–H and O–H groups in total. The predicted molar refractivity (Wildman–Crippen MR) is 88.7 cm³/mol. The summed E-state index contributed by atoms with van der Waals surface area (Å²) in [4.78, 5) is 13.8. The third-order valence-corrected chi connectivity index (χ3v) is 4.24. The predicted octanol–water partition coefficient (Wildman–Crippen LogP) is 4.76. The first-order valence-electron chi connectivity index (χ1n) is 6.91.